The van der Waals surface area contributed by atoms with Gasteiger partial charge in [-0.05, 0) is 37.5 Å². The number of ketones is 1. The van der Waals surface area contributed by atoms with Gasteiger partial charge in [0.1, 0.15) is 11.8 Å². The van der Waals surface area contributed by atoms with Crippen molar-refractivity contribution in [3.05, 3.63) is 12.2 Å². The summed E-state index contributed by atoms with van der Waals surface area (Å²) < 4.78 is 4.75. The number of Topliss-reactive ketones (excluding diaryl/α,β-unsaturated/α-hetero) is 1. The molecule has 0 bridgehead atoms. The van der Waals surface area contributed by atoms with Crippen molar-refractivity contribution >= 4 is 17.7 Å². The van der Waals surface area contributed by atoms with Gasteiger partial charge in [0, 0.05) is 18.8 Å². The van der Waals surface area contributed by atoms with Crippen LogP contribution in [0, 0.1) is 17.8 Å². The number of allylic oxidation sites excluding steroid dienone is 1. The van der Waals surface area contributed by atoms with Gasteiger partial charge in [0.05, 0.1) is 13.2 Å². The summed E-state index contributed by atoms with van der Waals surface area (Å²) in [5.41, 5.74) is 0. The van der Waals surface area contributed by atoms with Crippen molar-refractivity contribution in [2.24, 2.45) is 17.8 Å². The van der Waals surface area contributed by atoms with Crippen LogP contribution < -0.4 is 5.32 Å². The molecule has 6 heteroatoms. The molecular weight excluding hydrogens is 406 g/mol. The van der Waals surface area contributed by atoms with Crippen molar-refractivity contribution in [3.63, 3.8) is 0 Å². The van der Waals surface area contributed by atoms with Gasteiger partial charge in [-0.15, -0.1) is 0 Å². The Morgan fingerprint density at radius 2 is 1.88 bits per heavy atom. The van der Waals surface area contributed by atoms with Crippen LogP contribution in [0.4, 0.5) is 0 Å². The molecular formula is C26H45NO5. The molecule has 1 aliphatic rings. The molecule has 1 rings (SSSR count). The average Bonchev–Trinajstić information content (AvgIpc) is 3.11. The van der Waals surface area contributed by atoms with Gasteiger partial charge in [-0.25, -0.2) is 4.79 Å². The summed E-state index contributed by atoms with van der Waals surface area (Å²) in [5, 5.41) is 12.9. The summed E-state index contributed by atoms with van der Waals surface area (Å²) in [4.78, 5) is 36.2. The van der Waals surface area contributed by atoms with E-state index in [2.05, 4.69) is 18.3 Å². The Bertz CT molecular complexity index is 601. The number of aliphatic hydroxyl groups excluding tert-OH is 1. The molecule has 0 aliphatic heterocycles. The van der Waals surface area contributed by atoms with E-state index in [0.29, 0.717) is 18.6 Å². The molecule has 0 radical (unpaired) electrons. The zero-order chi connectivity index (χ0) is 23.9. The maximum Gasteiger partial charge on any atom is 0.328 e. The fourth-order valence-corrected chi connectivity index (χ4v) is 4.38. The Hall–Kier alpha value is -1.69. The van der Waals surface area contributed by atoms with Crippen molar-refractivity contribution in [2.45, 2.75) is 110 Å². The number of amides is 1. The number of carbonyl (C=O) groups is 3. The van der Waals surface area contributed by atoms with Gasteiger partial charge in [-0.1, -0.05) is 71.4 Å². The van der Waals surface area contributed by atoms with Crippen LogP contribution in [0.3, 0.4) is 0 Å². The molecule has 1 fully saturated rings. The fourth-order valence-electron chi connectivity index (χ4n) is 4.38. The van der Waals surface area contributed by atoms with E-state index >= 15 is 0 Å². The summed E-state index contributed by atoms with van der Waals surface area (Å²) >= 11 is 0. The third kappa shape index (κ3) is 10.8. The lowest BCUT2D eigenvalue weighted by Crippen LogP contribution is -2.44. The zero-order valence-electron chi connectivity index (χ0n) is 20.6. The molecule has 0 saturated heterocycles. The monoisotopic (exact) mass is 451 g/mol. The van der Waals surface area contributed by atoms with Crippen LogP contribution >= 0.6 is 0 Å². The number of carbonyl (C=O) groups excluding carboxylic acids is 3. The molecule has 4 atom stereocenters. The quantitative estimate of drug-likeness (QED) is 0.201. The van der Waals surface area contributed by atoms with E-state index in [1.807, 2.05) is 19.9 Å². The van der Waals surface area contributed by atoms with Crippen LogP contribution in [0.15, 0.2) is 12.2 Å². The molecule has 184 valence electrons. The molecule has 0 aromatic rings. The molecule has 0 aromatic heterocycles. The second-order valence-electron chi connectivity index (χ2n) is 9.49. The molecule has 1 amide bonds. The van der Waals surface area contributed by atoms with Crippen LogP contribution in [0.1, 0.15) is 97.8 Å². The van der Waals surface area contributed by atoms with Crippen LogP contribution in [0.2, 0.25) is 0 Å². The normalized spacial score (nSPS) is 20.6. The third-order valence-electron chi connectivity index (χ3n) is 6.45. The van der Waals surface area contributed by atoms with Crippen LogP contribution in [-0.2, 0) is 19.1 Å². The predicted octanol–water partition coefficient (Wildman–Crippen LogP) is 4.73. The number of hydrogen-bond donors (Lipinski definition) is 2. The van der Waals surface area contributed by atoms with E-state index in [9.17, 15) is 19.5 Å². The van der Waals surface area contributed by atoms with E-state index < -0.39 is 18.1 Å². The number of methoxy groups -OCH3 is 1. The molecule has 0 aromatic carbocycles. The maximum absolute atomic E-state index is 12.3. The summed E-state index contributed by atoms with van der Waals surface area (Å²) in [6, 6.07) is -0.601. The lowest BCUT2D eigenvalue weighted by molar-refractivity contribution is -0.146. The van der Waals surface area contributed by atoms with Gasteiger partial charge < -0.3 is 15.2 Å². The van der Waals surface area contributed by atoms with Crippen molar-refractivity contribution in [1.29, 1.82) is 0 Å². The highest BCUT2D eigenvalue weighted by Crippen LogP contribution is 2.34. The molecule has 1 saturated carbocycles. The van der Waals surface area contributed by atoms with Crippen LogP contribution in [0.25, 0.3) is 0 Å². The Labute approximate surface area is 194 Å². The van der Waals surface area contributed by atoms with Gasteiger partial charge in [-0.3, -0.25) is 9.59 Å². The average molecular weight is 452 g/mol. The van der Waals surface area contributed by atoms with Crippen molar-refractivity contribution in [3.8, 4) is 0 Å². The Morgan fingerprint density at radius 1 is 1.16 bits per heavy atom. The second-order valence-corrected chi connectivity index (χ2v) is 9.49. The van der Waals surface area contributed by atoms with Crippen molar-refractivity contribution in [1.82, 2.24) is 5.32 Å². The number of hydrogen-bond acceptors (Lipinski definition) is 5. The van der Waals surface area contributed by atoms with Crippen LogP contribution in [0.5, 0.6) is 0 Å². The minimum absolute atomic E-state index is 0.0187. The molecule has 6 nitrogen and oxygen atoms in total. The maximum atomic E-state index is 12.3. The minimum Gasteiger partial charge on any atom is -0.467 e. The van der Waals surface area contributed by atoms with Gasteiger partial charge in [0.2, 0.25) is 5.91 Å². The SMILES string of the molecule is CCCCC[C@H](O)/C=C/[C@H]1CCC(=O)[C@@H]1CCCCCCC(=O)N[C@H](C(=O)OC)C(C)C. The van der Waals surface area contributed by atoms with Gasteiger partial charge in [0.25, 0.3) is 0 Å². The van der Waals surface area contributed by atoms with Crippen molar-refractivity contribution < 1.29 is 24.2 Å². The van der Waals surface area contributed by atoms with Gasteiger partial charge >= 0.3 is 5.97 Å². The minimum atomic E-state index is -0.601. The highest BCUT2D eigenvalue weighted by Gasteiger charge is 2.32. The predicted molar refractivity (Wildman–Crippen MR) is 127 cm³/mol. The summed E-state index contributed by atoms with van der Waals surface area (Å²) in [5.74, 6) is 0.121. The number of esters is 1. The molecule has 32 heavy (non-hydrogen) atoms. The third-order valence-corrected chi connectivity index (χ3v) is 6.45. The number of unbranched alkanes of at least 4 members (excludes halogenated alkanes) is 5. The van der Waals surface area contributed by atoms with Gasteiger partial charge in [0.15, 0.2) is 0 Å². The van der Waals surface area contributed by atoms with Crippen LogP contribution in [-0.4, -0.2) is 42.0 Å². The van der Waals surface area contributed by atoms with E-state index in [-0.39, 0.29) is 23.7 Å². The number of aliphatic hydroxyl groups is 1. The number of rotatable bonds is 16. The first-order valence-electron chi connectivity index (χ1n) is 12.6. The number of nitrogens with one attached hydrogen (secondary N) is 1. The Morgan fingerprint density at radius 3 is 2.53 bits per heavy atom. The summed E-state index contributed by atoms with van der Waals surface area (Å²) in [6.07, 6.45) is 14.1. The summed E-state index contributed by atoms with van der Waals surface area (Å²) in [7, 11) is 1.33. The standard InChI is InChI=1S/C26H45NO5/c1-5-6-9-12-21(28)17-15-20-16-18-23(29)22(20)13-10-7-8-11-14-24(30)27-25(19(2)3)26(31)32-4/h15,17,19-22,25,28H,5-14,16,18H2,1-4H3,(H,27,30)/b17-15+/t20-,21-,22+,25-/m0/s1. The molecule has 1 aliphatic carbocycles. The van der Waals surface area contributed by atoms with E-state index in [1.165, 1.54) is 7.11 Å². The first-order chi connectivity index (χ1) is 15.3. The van der Waals surface area contributed by atoms with E-state index in [4.69, 9.17) is 4.74 Å². The Kier molecular flexibility index (Phi) is 14.2. The fraction of sp³-hybridized carbons (Fsp3) is 0.808. The van der Waals surface area contributed by atoms with E-state index in [1.54, 1.807) is 0 Å². The highest BCUT2D eigenvalue weighted by molar-refractivity contribution is 5.84. The smallest absolute Gasteiger partial charge is 0.328 e. The first kappa shape index (κ1) is 28.3. The first-order valence-corrected chi connectivity index (χ1v) is 12.6. The molecule has 0 heterocycles. The highest BCUT2D eigenvalue weighted by atomic mass is 16.5. The largest absolute Gasteiger partial charge is 0.467 e. The molecule has 0 spiro atoms. The second kappa shape index (κ2) is 16.0. The van der Waals surface area contributed by atoms with Crippen molar-refractivity contribution in [2.75, 3.05) is 7.11 Å². The van der Waals surface area contributed by atoms with Gasteiger partial charge in [-0.2, -0.15) is 0 Å². The molecule has 0 unspecified atom stereocenters. The number of ether oxygens (including phenoxy) is 1. The van der Waals surface area contributed by atoms with E-state index in [0.717, 1.165) is 64.2 Å². The molecule has 2 N–H and O–H groups in total. The lowest BCUT2D eigenvalue weighted by atomic mass is 9.89. The lowest BCUT2D eigenvalue weighted by Gasteiger charge is -2.19. The topological polar surface area (TPSA) is 92.7 Å². The summed E-state index contributed by atoms with van der Waals surface area (Å²) in [6.45, 7) is 5.91. The zero-order valence-corrected chi connectivity index (χ0v) is 20.6. The Balaban J connectivity index is 2.28.